The van der Waals surface area contributed by atoms with Crippen molar-refractivity contribution in [1.82, 2.24) is 14.9 Å². The number of hydrogen-bond donors (Lipinski definition) is 1. The largest absolute Gasteiger partial charge is 0.496 e. The number of aryl methyl sites for hydroxylation is 1. The summed E-state index contributed by atoms with van der Waals surface area (Å²) in [7, 11) is 3.21. The van der Waals surface area contributed by atoms with Gasteiger partial charge in [-0.25, -0.2) is 0 Å². The van der Waals surface area contributed by atoms with Crippen LogP contribution in [0.3, 0.4) is 0 Å². The first kappa shape index (κ1) is 18.9. The number of imide groups is 1. The molecule has 4 rings (SSSR count). The fourth-order valence-electron chi connectivity index (χ4n) is 3.72. The zero-order chi connectivity index (χ0) is 20.4. The van der Waals surface area contributed by atoms with Crippen LogP contribution in [0.4, 0.5) is 0 Å². The Hall–Kier alpha value is -3.45. The van der Waals surface area contributed by atoms with Crippen LogP contribution < -0.4 is 10.1 Å². The maximum atomic E-state index is 12.8. The molecule has 3 aromatic rings. The number of fused-ring (bicyclic) bond motifs is 1. The number of methoxy groups -OCH3 is 2. The van der Waals surface area contributed by atoms with Gasteiger partial charge in [0.1, 0.15) is 5.75 Å². The van der Waals surface area contributed by atoms with Gasteiger partial charge in [-0.1, -0.05) is 18.2 Å². The third-order valence-corrected chi connectivity index (χ3v) is 5.01. The molecule has 2 amide bonds. The molecule has 1 aliphatic heterocycles. The van der Waals surface area contributed by atoms with Crippen LogP contribution in [-0.2, 0) is 20.9 Å². The van der Waals surface area contributed by atoms with Gasteiger partial charge in [0.05, 0.1) is 23.8 Å². The summed E-state index contributed by atoms with van der Waals surface area (Å²) in [5.41, 5.74) is 2.85. The molecule has 0 saturated heterocycles. The summed E-state index contributed by atoms with van der Waals surface area (Å²) >= 11 is 0. The molecule has 0 atom stereocenters. The van der Waals surface area contributed by atoms with E-state index in [4.69, 9.17) is 9.47 Å². The summed E-state index contributed by atoms with van der Waals surface area (Å²) in [6.45, 7) is 1.36. The van der Waals surface area contributed by atoms with Gasteiger partial charge in [0, 0.05) is 55.4 Å². The van der Waals surface area contributed by atoms with Gasteiger partial charge >= 0.3 is 0 Å². The quantitative estimate of drug-likeness (QED) is 0.495. The topological polar surface area (TPSA) is 82.5 Å². The lowest BCUT2D eigenvalue weighted by atomic mass is 9.96. The van der Waals surface area contributed by atoms with Crippen LogP contribution in [0.2, 0.25) is 0 Å². The number of nitrogens with zero attached hydrogens (tertiary/aromatic N) is 2. The smallest absolute Gasteiger partial charge is 0.259 e. The zero-order valence-electron chi connectivity index (χ0n) is 16.3. The molecule has 148 valence electrons. The Labute approximate surface area is 167 Å². The van der Waals surface area contributed by atoms with Crippen molar-refractivity contribution < 1.29 is 19.1 Å². The normalized spacial score (nSPS) is 14.0. The third kappa shape index (κ3) is 3.30. The first-order valence-corrected chi connectivity index (χ1v) is 9.31. The van der Waals surface area contributed by atoms with Gasteiger partial charge in [-0.05, 0) is 18.6 Å². The van der Waals surface area contributed by atoms with Gasteiger partial charge < -0.3 is 14.0 Å². The van der Waals surface area contributed by atoms with Gasteiger partial charge in [0.15, 0.2) is 0 Å². The van der Waals surface area contributed by atoms with Crippen molar-refractivity contribution in [1.29, 1.82) is 0 Å². The van der Waals surface area contributed by atoms with E-state index in [1.54, 1.807) is 38.7 Å². The summed E-state index contributed by atoms with van der Waals surface area (Å²) in [6.07, 6.45) is 6.17. The summed E-state index contributed by atoms with van der Waals surface area (Å²) < 4.78 is 12.6. The van der Waals surface area contributed by atoms with Crippen LogP contribution in [-0.4, -0.2) is 42.2 Å². The Balaban J connectivity index is 1.94. The highest BCUT2D eigenvalue weighted by Crippen LogP contribution is 2.38. The molecule has 29 heavy (non-hydrogen) atoms. The standard InChI is InChI=1S/C22H21N3O4/c1-28-11-5-10-25-13-16(15-12-23-9-8-17(15)25)20-19(21(26)24-22(20)27)14-6-3-4-7-18(14)29-2/h3-4,6-9,12-13H,5,10-11H2,1-2H3,(H,24,26,27). The number of carbonyl (C=O) groups is 2. The van der Waals surface area contributed by atoms with E-state index in [1.165, 1.54) is 0 Å². The van der Waals surface area contributed by atoms with Crippen molar-refractivity contribution in [3.8, 4) is 5.75 Å². The predicted octanol–water partition coefficient (Wildman–Crippen LogP) is 2.65. The number of benzene rings is 1. The fraction of sp³-hybridized carbons (Fsp3) is 0.227. The SMILES string of the molecule is COCCCn1cc(C2=C(c3ccccc3OC)C(=O)NC2=O)c2cnccc21. The second kappa shape index (κ2) is 7.89. The number of carbonyl (C=O) groups excluding carboxylic acids is 2. The molecule has 0 aliphatic carbocycles. The van der Waals surface area contributed by atoms with Gasteiger partial charge in [-0.2, -0.15) is 0 Å². The number of hydrogen-bond acceptors (Lipinski definition) is 5. The second-order valence-corrected chi connectivity index (χ2v) is 6.71. The number of amides is 2. The molecule has 1 aromatic carbocycles. The first-order valence-electron chi connectivity index (χ1n) is 9.31. The van der Waals surface area contributed by atoms with E-state index in [0.717, 1.165) is 23.9 Å². The average molecular weight is 391 g/mol. The van der Waals surface area contributed by atoms with E-state index in [-0.39, 0.29) is 0 Å². The molecule has 3 heterocycles. The summed E-state index contributed by atoms with van der Waals surface area (Å²) in [5.74, 6) is -0.318. The van der Waals surface area contributed by atoms with Crippen molar-refractivity contribution in [2.45, 2.75) is 13.0 Å². The monoisotopic (exact) mass is 391 g/mol. The van der Waals surface area contributed by atoms with Crippen molar-refractivity contribution in [2.75, 3.05) is 20.8 Å². The highest BCUT2D eigenvalue weighted by Gasteiger charge is 2.35. The third-order valence-electron chi connectivity index (χ3n) is 5.01. The van der Waals surface area contributed by atoms with Crippen LogP contribution >= 0.6 is 0 Å². The van der Waals surface area contributed by atoms with Crippen molar-refractivity contribution in [2.24, 2.45) is 0 Å². The van der Waals surface area contributed by atoms with Gasteiger partial charge in [-0.3, -0.25) is 19.9 Å². The number of ether oxygens (including phenoxy) is 2. The second-order valence-electron chi connectivity index (χ2n) is 6.71. The van der Waals surface area contributed by atoms with Crippen LogP contribution in [0.15, 0.2) is 48.9 Å². The maximum absolute atomic E-state index is 12.8. The summed E-state index contributed by atoms with van der Waals surface area (Å²) in [4.78, 5) is 29.7. The number of pyridine rings is 1. The Morgan fingerprint density at radius 3 is 2.55 bits per heavy atom. The number of aromatic nitrogens is 2. The lowest BCUT2D eigenvalue weighted by molar-refractivity contribution is -0.122. The Bertz CT molecular complexity index is 1130. The van der Waals surface area contributed by atoms with E-state index in [2.05, 4.69) is 14.9 Å². The van der Waals surface area contributed by atoms with E-state index >= 15 is 0 Å². The number of nitrogens with one attached hydrogen (secondary N) is 1. The van der Waals surface area contributed by atoms with Gasteiger partial charge in [-0.15, -0.1) is 0 Å². The molecule has 2 aromatic heterocycles. The van der Waals surface area contributed by atoms with Crippen molar-refractivity contribution >= 4 is 33.9 Å². The number of rotatable bonds is 7. The predicted molar refractivity (Wildman–Crippen MR) is 109 cm³/mol. The molecule has 7 nitrogen and oxygen atoms in total. The van der Waals surface area contributed by atoms with Crippen LogP contribution in [0.1, 0.15) is 17.5 Å². The molecule has 0 bridgehead atoms. The van der Waals surface area contributed by atoms with E-state index in [0.29, 0.717) is 34.6 Å². The van der Waals surface area contributed by atoms with Crippen molar-refractivity contribution in [3.63, 3.8) is 0 Å². The maximum Gasteiger partial charge on any atom is 0.259 e. The minimum atomic E-state index is -0.432. The van der Waals surface area contributed by atoms with Crippen LogP contribution in [0.25, 0.3) is 22.0 Å². The molecule has 1 aliphatic rings. The first-order chi connectivity index (χ1) is 14.2. The van der Waals surface area contributed by atoms with Gasteiger partial charge in [0.25, 0.3) is 11.8 Å². The number of para-hydroxylation sites is 1. The molecule has 0 unspecified atom stereocenters. The van der Waals surface area contributed by atoms with E-state index in [1.807, 2.05) is 24.4 Å². The van der Waals surface area contributed by atoms with E-state index < -0.39 is 11.8 Å². The Morgan fingerprint density at radius 2 is 1.79 bits per heavy atom. The zero-order valence-corrected chi connectivity index (χ0v) is 16.3. The average Bonchev–Trinajstić information content (AvgIpc) is 3.24. The molecule has 0 spiro atoms. The lowest BCUT2D eigenvalue weighted by Gasteiger charge is -2.09. The minimum absolute atomic E-state index is 0.312. The Morgan fingerprint density at radius 1 is 1.03 bits per heavy atom. The molecular weight excluding hydrogens is 370 g/mol. The minimum Gasteiger partial charge on any atom is -0.496 e. The molecular formula is C22H21N3O4. The molecule has 0 fully saturated rings. The Kier molecular flexibility index (Phi) is 5.14. The summed E-state index contributed by atoms with van der Waals surface area (Å²) in [6, 6.07) is 9.09. The van der Waals surface area contributed by atoms with E-state index in [9.17, 15) is 9.59 Å². The highest BCUT2D eigenvalue weighted by molar-refractivity contribution is 6.50. The molecule has 0 radical (unpaired) electrons. The molecule has 0 saturated carbocycles. The lowest BCUT2D eigenvalue weighted by Crippen LogP contribution is -2.22. The van der Waals surface area contributed by atoms with Crippen LogP contribution in [0.5, 0.6) is 5.75 Å². The molecule has 7 heteroatoms. The summed E-state index contributed by atoms with van der Waals surface area (Å²) in [5, 5.41) is 3.25. The van der Waals surface area contributed by atoms with Gasteiger partial charge in [0.2, 0.25) is 0 Å². The highest BCUT2D eigenvalue weighted by atomic mass is 16.5. The fourth-order valence-corrected chi connectivity index (χ4v) is 3.72. The van der Waals surface area contributed by atoms with Crippen molar-refractivity contribution in [3.05, 3.63) is 60.0 Å². The van der Waals surface area contributed by atoms with Crippen LogP contribution in [0, 0.1) is 0 Å². The molecule has 1 N–H and O–H groups in total.